The first kappa shape index (κ1) is 7.21. The van der Waals surface area contributed by atoms with Gasteiger partial charge in [0.05, 0.1) is 12.2 Å². The molecule has 3 nitrogen and oxygen atoms in total. The van der Waals surface area contributed by atoms with Crippen molar-refractivity contribution in [3.63, 3.8) is 0 Å². The van der Waals surface area contributed by atoms with Crippen LogP contribution in [0.4, 0.5) is 0 Å². The zero-order valence-electron chi connectivity index (χ0n) is 7.43. The summed E-state index contributed by atoms with van der Waals surface area (Å²) < 4.78 is 0. The van der Waals surface area contributed by atoms with E-state index in [1.54, 1.807) is 0 Å². The van der Waals surface area contributed by atoms with Crippen molar-refractivity contribution in [2.45, 2.75) is 37.1 Å². The van der Waals surface area contributed by atoms with E-state index in [0.717, 1.165) is 12.8 Å². The molecule has 4 bridgehead atoms. The van der Waals surface area contributed by atoms with E-state index in [1.165, 1.54) is 0 Å². The van der Waals surface area contributed by atoms with Crippen LogP contribution in [0.15, 0.2) is 0 Å². The molecule has 0 radical (unpaired) electrons. The standard InChI is InChI=1S/C10H15NO2/c12-9-4-1-5-7-3(4)2-6(10(7)13)11-8(5)9/h3-13H,1-2H2/t3-,4-,5-,6+,7-,8-,9-,10+/m0/s1. The van der Waals surface area contributed by atoms with Gasteiger partial charge in [-0.05, 0) is 36.5 Å². The average molecular weight is 181 g/mol. The van der Waals surface area contributed by atoms with Crippen molar-refractivity contribution in [2.75, 3.05) is 0 Å². The van der Waals surface area contributed by atoms with Gasteiger partial charge in [0, 0.05) is 12.1 Å². The second kappa shape index (κ2) is 1.95. The van der Waals surface area contributed by atoms with E-state index in [1.807, 2.05) is 0 Å². The first-order valence-corrected chi connectivity index (χ1v) is 5.39. The molecular formula is C10H15NO2. The molecule has 4 fully saturated rings. The second-order valence-corrected chi connectivity index (χ2v) is 5.32. The van der Waals surface area contributed by atoms with Crippen molar-refractivity contribution in [1.82, 2.24) is 5.32 Å². The monoisotopic (exact) mass is 181 g/mol. The lowest BCUT2D eigenvalue weighted by Gasteiger charge is -2.41. The topological polar surface area (TPSA) is 52.5 Å². The average Bonchev–Trinajstić information content (AvgIpc) is 2.60. The summed E-state index contributed by atoms with van der Waals surface area (Å²) in [7, 11) is 0. The summed E-state index contributed by atoms with van der Waals surface area (Å²) in [6.07, 6.45) is 2.01. The van der Waals surface area contributed by atoms with Gasteiger partial charge in [0.15, 0.2) is 0 Å². The minimum atomic E-state index is -0.122. The molecular weight excluding hydrogens is 166 g/mol. The lowest BCUT2D eigenvalue weighted by molar-refractivity contribution is -0.0276. The van der Waals surface area contributed by atoms with E-state index in [4.69, 9.17) is 0 Å². The lowest BCUT2D eigenvalue weighted by atomic mass is 9.76. The van der Waals surface area contributed by atoms with Gasteiger partial charge in [0.1, 0.15) is 0 Å². The normalized spacial score (nSPS) is 72.5. The molecule has 1 heterocycles. The molecule has 3 aliphatic carbocycles. The zero-order valence-corrected chi connectivity index (χ0v) is 7.43. The van der Waals surface area contributed by atoms with E-state index in [9.17, 15) is 10.2 Å². The Morgan fingerprint density at radius 2 is 1.77 bits per heavy atom. The molecule has 0 amide bonds. The van der Waals surface area contributed by atoms with Gasteiger partial charge in [-0.2, -0.15) is 0 Å². The predicted molar refractivity (Wildman–Crippen MR) is 45.9 cm³/mol. The van der Waals surface area contributed by atoms with Gasteiger partial charge < -0.3 is 15.5 Å². The van der Waals surface area contributed by atoms with Crippen molar-refractivity contribution in [3.05, 3.63) is 0 Å². The molecule has 72 valence electrons. The Morgan fingerprint density at radius 1 is 0.923 bits per heavy atom. The van der Waals surface area contributed by atoms with Gasteiger partial charge in [-0.15, -0.1) is 0 Å². The number of hydrogen-bond donors (Lipinski definition) is 3. The Hall–Kier alpha value is -0.120. The van der Waals surface area contributed by atoms with Crippen LogP contribution in [0, 0.1) is 23.7 Å². The van der Waals surface area contributed by atoms with Crippen molar-refractivity contribution in [3.8, 4) is 0 Å². The summed E-state index contributed by atoms with van der Waals surface area (Å²) in [5.74, 6) is 2.20. The summed E-state index contributed by atoms with van der Waals surface area (Å²) in [4.78, 5) is 0. The van der Waals surface area contributed by atoms with Crippen LogP contribution in [0.1, 0.15) is 12.8 Å². The van der Waals surface area contributed by atoms with Crippen LogP contribution in [0.2, 0.25) is 0 Å². The molecule has 3 saturated carbocycles. The fourth-order valence-corrected chi connectivity index (χ4v) is 4.72. The molecule has 0 aromatic rings. The van der Waals surface area contributed by atoms with Crippen LogP contribution < -0.4 is 5.32 Å². The van der Waals surface area contributed by atoms with Crippen LogP contribution in [-0.2, 0) is 0 Å². The van der Waals surface area contributed by atoms with Crippen LogP contribution in [0.25, 0.3) is 0 Å². The minimum Gasteiger partial charge on any atom is -0.391 e. The highest BCUT2D eigenvalue weighted by Crippen LogP contribution is 2.61. The smallest absolute Gasteiger partial charge is 0.0727 e. The number of hydrogen-bond acceptors (Lipinski definition) is 3. The van der Waals surface area contributed by atoms with Gasteiger partial charge in [0.25, 0.3) is 0 Å². The molecule has 3 N–H and O–H groups in total. The summed E-state index contributed by atoms with van der Waals surface area (Å²) in [5.41, 5.74) is 0. The van der Waals surface area contributed by atoms with Crippen molar-refractivity contribution < 1.29 is 10.2 Å². The highest BCUT2D eigenvalue weighted by atomic mass is 16.3. The maximum Gasteiger partial charge on any atom is 0.0727 e. The second-order valence-electron chi connectivity index (χ2n) is 5.32. The van der Waals surface area contributed by atoms with Gasteiger partial charge in [0.2, 0.25) is 0 Å². The Labute approximate surface area is 77.1 Å². The van der Waals surface area contributed by atoms with E-state index in [0.29, 0.717) is 29.7 Å². The van der Waals surface area contributed by atoms with E-state index in [2.05, 4.69) is 5.32 Å². The fourth-order valence-electron chi connectivity index (χ4n) is 4.72. The third-order valence-corrected chi connectivity index (χ3v) is 5.09. The molecule has 0 unspecified atom stereocenters. The Kier molecular flexibility index (Phi) is 1.08. The molecule has 1 saturated heterocycles. The zero-order chi connectivity index (χ0) is 8.74. The number of fused-ring (bicyclic) bond motifs is 3. The Morgan fingerprint density at radius 3 is 2.62 bits per heavy atom. The molecule has 8 atom stereocenters. The van der Waals surface area contributed by atoms with Crippen molar-refractivity contribution in [2.24, 2.45) is 23.7 Å². The van der Waals surface area contributed by atoms with Crippen molar-refractivity contribution >= 4 is 0 Å². The minimum absolute atomic E-state index is 0.122. The molecule has 3 heteroatoms. The van der Waals surface area contributed by atoms with Gasteiger partial charge in [-0.25, -0.2) is 0 Å². The van der Waals surface area contributed by atoms with Gasteiger partial charge in [-0.3, -0.25) is 0 Å². The molecule has 0 aromatic carbocycles. The van der Waals surface area contributed by atoms with Gasteiger partial charge in [-0.1, -0.05) is 0 Å². The summed E-state index contributed by atoms with van der Waals surface area (Å²) >= 11 is 0. The number of rotatable bonds is 0. The molecule has 4 rings (SSSR count). The Balaban J connectivity index is 1.85. The van der Waals surface area contributed by atoms with Crippen molar-refractivity contribution in [1.29, 1.82) is 0 Å². The molecule has 13 heavy (non-hydrogen) atoms. The SMILES string of the molecule is O[C@H]1[C@H]2C[C@@H]3[C@@H]1N[C@@H]1C[C@@H]2[C@@H]3[C@@H]1O. The van der Waals surface area contributed by atoms with E-state index < -0.39 is 0 Å². The number of aliphatic hydroxyl groups is 2. The molecule has 1 aliphatic heterocycles. The summed E-state index contributed by atoms with van der Waals surface area (Å²) in [6.45, 7) is 0. The van der Waals surface area contributed by atoms with Crippen LogP contribution >= 0.6 is 0 Å². The predicted octanol–water partition coefficient (Wildman–Crippen LogP) is -0.666. The van der Waals surface area contributed by atoms with Crippen LogP contribution in [0.3, 0.4) is 0 Å². The third kappa shape index (κ3) is 0.602. The van der Waals surface area contributed by atoms with E-state index >= 15 is 0 Å². The van der Waals surface area contributed by atoms with Crippen LogP contribution in [0.5, 0.6) is 0 Å². The highest BCUT2D eigenvalue weighted by molar-refractivity contribution is 5.20. The maximum absolute atomic E-state index is 9.97. The fraction of sp³-hybridized carbons (Fsp3) is 1.00. The quantitative estimate of drug-likeness (QED) is 0.465. The molecule has 0 aromatic heterocycles. The maximum atomic E-state index is 9.97. The number of aliphatic hydroxyl groups excluding tert-OH is 2. The highest BCUT2D eigenvalue weighted by Gasteiger charge is 2.67. The summed E-state index contributed by atoms with van der Waals surface area (Å²) in [6, 6.07) is 0.596. The molecule has 4 aliphatic rings. The Bertz CT molecular complexity index is 262. The largest absolute Gasteiger partial charge is 0.391 e. The first-order valence-electron chi connectivity index (χ1n) is 5.39. The number of nitrogens with one attached hydrogen (secondary N) is 1. The van der Waals surface area contributed by atoms with Gasteiger partial charge >= 0.3 is 0 Å². The third-order valence-electron chi connectivity index (χ3n) is 5.09. The molecule has 0 spiro atoms. The first-order chi connectivity index (χ1) is 6.27. The lowest BCUT2D eigenvalue weighted by Crippen LogP contribution is -2.58. The van der Waals surface area contributed by atoms with Crippen LogP contribution in [-0.4, -0.2) is 34.5 Å². The van der Waals surface area contributed by atoms with E-state index in [-0.39, 0.29) is 18.2 Å². The number of piperidine rings is 1. The summed E-state index contributed by atoms with van der Waals surface area (Å²) in [5, 5.41) is 23.4.